The molecule has 0 N–H and O–H groups in total. The number of esters is 1. The van der Waals surface area contributed by atoms with E-state index in [1.165, 1.54) is 60.1 Å². The van der Waals surface area contributed by atoms with Gasteiger partial charge in [0.1, 0.15) is 6.10 Å². The van der Waals surface area contributed by atoms with Crippen molar-refractivity contribution < 1.29 is 9.53 Å². The van der Waals surface area contributed by atoms with Crippen molar-refractivity contribution in [3.63, 3.8) is 0 Å². The Labute approximate surface area is 230 Å². The van der Waals surface area contributed by atoms with Crippen molar-refractivity contribution in [2.24, 2.45) is 5.92 Å². The van der Waals surface area contributed by atoms with Crippen LogP contribution >= 0.6 is 0 Å². The molecule has 4 rings (SSSR count). The number of carbonyl (C=O) groups is 1. The Bertz CT molecular complexity index is 1070. The van der Waals surface area contributed by atoms with Crippen LogP contribution in [-0.4, -0.2) is 17.1 Å². The number of hydrogen-bond acceptors (Lipinski definition) is 3. The van der Waals surface area contributed by atoms with E-state index in [4.69, 9.17) is 9.72 Å². The van der Waals surface area contributed by atoms with E-state index in [0.29, 0.717) is 6.42 Å². The van der Waals surface area contributed by atoms with Crippen LogP contribution in [0.25, 0.3) is 11.1 Å². The van der Waals surface area contributed by atoms with E-state index in [0.717, 1.165) is 57.3 Å². The van der Waals surface area contributed by atoms with Crippen LogP contribution in [0.1, 0.15) is 94.4 Å². The van der Waals surface area contributed by atoms with Crippen LogP contribution in [0.15, 0.2) is 72.9 Å². The quantitative estimate of drug-likeness (QED) is 0.160. The lowest BCUT2D eigenvalue weighted by Crippen LogP contribution is -2.24. The first-order chi connectivity index (χ1) is 18.7. The van der Waals surface area contributed by atoms with Crippen LogP contribution in [0.4, 0.5) is 0 Å². The van der Waals surface area contributed by atoms with Crippen molar-refractivity contribution in [2.75, 3.05) is 0 Å². The summed E-state index contributed by atoms with van der Waals surface area (Å²) in [7, 11) is 0. The number of hydrogen-bond donors (Lipinski definition) is 0. The lowest BCUT2D eigenvalue weighted by atomic mass is 9.84. The Kier molecular flexibility index (Phi) is 11.4. The summed E-state index contributed by atoms with van der Waals surface area (Å²) >= 11 is 0. The van der Waals surface area contributed by atoms with Gasteiger partial charge in [0.25, 0.3) is 0 Å². The highest BCUT2D eigenvalue weighted by atomic mass is 16.5. The molecule has 0 amide bonds. The molecule has 0 bridgehead atoms. The summed E-state index contributed by atoms with van der Waals surface area (Å²) in [6, 6.07) is 24.1. The highest BCUT2D eigenvalue weighted by Gasteiger charge is 2.23. The van der Waals surface area contributed by atoms with Gasteiger partial charge in [-0.15, -0.1) is 0 Å². The molecule has 3 nitrogen and oxygen atoms in total. The zero-order chi connectivity index (χ0) is 26.4. The summed E-state index contributed by atoms with van der Waals surface area (Å²) in [5.41, 5.74) is 6.51. The Balaban J connectivity index is 1.08. The van der Waals surface area contributed by atoms with Gasteiger partial charge >= 0.3 is 5.97 Å². The average molecular weight is 512 g/mol. The lowest BCUT2D eigenvalue weighted by molar-refractivity contribution is -0.151. The maximum atomic E-state index is 12.0. The fourth-order valence-corrected chi connectivity index (χ4v) is 5.55. The minimum atomic E-state index is 0.00514. The molecule has 3 heteroatoms. The molecule has 1 aliphatic rings. The molecule has 1 fully saturated rings. The first kappa shape index (κ1) is 28.1. The van der Waals surface area contributed by atoms with E-state index >= 15 is 0 Å². The Morgan fingerprint density at radius 1 is 0.763 bits per heavy atom. The van der Waals surface area contributed by atoms with Gasteiger partial charge in [-0.1, -0.05) is 80.4 Å². The standard InChI is InChI=1S/C35H45NO2/c1-2-3-5-14-35(37)38-34-25-20-29(21-26-34)15-16-30-19-24-33(36-27-30)13-9-8-10-28-17-22-32(23-18-28)31-11-6-4-7-12-31/h4,6-7,11-12,17-19,22-24,27,29,34H,2-3,5,8-10,13-16,20-21,25-26H2,1H3. The van der Waals surface area contributed by atoms with Crippen LogP contribution in [-0.2, 0) is 28.8 Å². The Morgan fingerprint density at radius 2 is 1.47 bits per heavy atom. The largest absolute Gasteiger partial charge is 0.462 e. The van der Waals surface area contributed by atoms with Crippen molar-refractivity contribution in [1.29, 1.82) is 0 Å². The molecular formula is C35H45NO2. The highest BCUT2D eigenvalue weighted by Crippen LogP contribution is 2.30. The molecule has 0 radical (unpaired) electrons. The monoisotopic (exact) mass is 511 g/mol. The molecular weight excluding hydrogens is 466 g/mol. The molecule has 2 aromatic carbocycles. The molecule has 1 aromatic heterocycles. The van der Waals surface area contributed by atoms with Gasteiger partial charge in [-0.3, -0.25) is 9.78 Å². The van der Waals surface area contributed by atoms with Crippen LogP contribution in [0.2, 0.25) is 0 Å². The lowest BCUT2D eigenvalue weighted by Gasteiger charge is -2.28. The number of carbonyl (C=O) groups excluding carboxylic acids is 1. The summed E-state index contributed by atoms with van der Waals surface area (Å²) in [6.45, 7) is 2.16. The number of unbranched alkanes of at least 4 members (excludes halogenated alkanes) is 3. The minimum Gasteiger partial charge on any atom is -0.462 e. The number of pyridine rings is 1. The van der Waals surface area contributed by atoms with E-state index in [1.54, 1.807) is 0 Å². The predicted octanol–water partition coefficient (Wildman–Crippen LogP) is 8.93. The van der Waals surface area contributed by atoms with Gasteiger partial charge in [-0.2, -0.15) is 0 Å². The second-order valence-corrected chi connectivity index (χ2v) is 11.1. The van der Waals surface area contributed by atoms with Gasteiger partial charge in [0.05, 0.1) is 0 Å². The van der Waals surface area contributed by atoms with Gasteiger partial charge < -0.3 is 4.74 Å². The fraction of sp³-hybridized carbons (Fsp3) is 0.486. The third-order valence-electron chi connectivity index (χ3n) is 8.01. The second-order valence-electron chi connectivity index (χ2n) is 11.1. The molecule has 0 spiro atoms. The van der Waals surface area contributed by atoms with Crippen LogP contribution < -0.4 is 0 Å². The fourth-order valence-electron chi connectivity index (χ4n) is 5.55. The molecule has 0 aliphatic heterocycles. The molecule has 1 saturated carbocycles. The number of rotatable bonds is 14. The first-order valence-corrected chi connectivity index (χ1v) is 15.0. The summed E-state index contributed by atoms with van der Waals surface area (Å²) in [6.07, 6.45) is 17.3. The average Bonchev–Trinajstić information content (AvgIpc) is 2.96. The third kappa shape index (κ3) is 9.42. The Morgan fingerprint density at radius 3 is 2.18 bits per heavy atom. The zero-order valence-electron chi connectivity index (χ0n) is 23.2. The highest BCUT2D eigenvalue weighted by molar-refractivity contribution is 5.69. The van der Waals surface area contributed by atoms with Gasteiger partial charge in [0.2, 0.25) is 0 Å². The number of aryl methyl sites for hydroxylation is 3. The van der Waals surface area contributed by atoms with Crippen molar-refractivity contribution in [2.45, 2.75) is 103 Å². The molecule has 0 atom stereocenters. The van der Waals surface area contributed by atoms with Crippen LogP contribution in [0, 0.1) is 5.92 Å². The molecule has 0 unspecified atom stereocenters. The number of nitrogens with zero attached hydrogens (tertiary/aromatic N) is 1. The Hall–Kier alpha value is -2.94. The van der Waals surface area contributed by atoms with E-state index < -0.39 is 0 Å². The normalized spacial score (nSPS) is 17.3. The molecule has 38 heavy (non-hydrogen) atoms. The molecule has 0 saturated heterocycles. The summed E-state index contributed by atoms with van der Waals surface area (Å²) in [5.74, 6) is 0.747. The summed E-state index contributed by atoms with van der Waals surface area (Å²) in [4.78, 5) is 16.7. The van der Waals surface area contributed by atoms with E-state index in [2.05, 4.69) is 79.9 Å². The van der Waals surface area contributed by atoms with Gasteiger partial charge in [-0.25, -0.2) is 0 Å². The smallest absolute Gasteiger partial charge is 0.306 e. The van der Waals surface area contributed by atoms with Crippen molar-refractivity contribution in [3.8, 4) is 11.1 Å². The van der Waals surface area contributed by atoms with E-state index in [9.17, 15) is 4.79 Å². The van der Waals surface area contributed by atoms with Gasteiger partial charge in [0.15, 0.2) is 0 Å². The van der Waals surface area contributed by atoms with E-state index in [-0.39, 0.29) is 12.1 Å². The SMILES string of the molecule is CCCCCC(=O)OC1CCC(CCc2ccc(CCCCc3ccc(-c4ccccc4)cc3)nc2)CC1. The van der Waals surface area contributed by atoms with Crippen molar-refractivity contribution >= 4 is 5.97 Å². The number of benzene rings is 2. The molecule has 3 aromatic rings. The van der Waals surface area contributed by atoms with Crippen molar-refractivity contribution in [1.82, 2.24) is 4.98 Å². The maximum Gasteiger partial charge on any atom is 0.306 e. The van der Waals surface area contributed by atoms with Crippen LogP contribution in [0.3, 0.4) is 0 Å². The first-order valence-electron chi connectivity index (χ1n) is 15.0. The molecule has 202 valence electrons. The predicted molar refractivity (Wildman–Crippen MR) is 157 cm³/mol. The summed E-state index contributed by atoms with van der Waals surface area (Å²) in [5, 5.41) is 0. The molecule has 1 aliphatic carbocycles. The number of ether oxygens (including phenoxy) is 1. The van der Waals surface area contributed by atoms with Gasteiger partial charge in [0, 0.05) is 18.3 Å². The maximum absolute atomic E-state index is 12.0. The minimum absolute atomic E-state index is 0.00514. The van der Waals surface area contributed by atoms with Gasteiger partial charge in [-0.05, 0) is 105 Å². The second kappa shape index (κ2) is 15.5. The van der Waals surface area contributed by atoms with E-state index in [1.807, 2.05) is 0 Å². The topological polar surface area (TPSA) is 39.2 Å². The zero-order valence-corrected chi connectivity index (χ0v) is 23.2. The third-order valence-corrected chi connectivity index (χ3v) is 8.01. The molecule has 1 heterocycles. The summed E-state index contributed by atoms with van der Waals surface area (Å²) < 4.78 is 5.70. The van der Waals surface area contributed by atoms with Crippen LogP contribution in [0.5, 0.6) is 0 Å². The number of aromatic nitrogens is 1. The van der Waals surface area contributed by atoms with Crippen molar-refractivity contribution in [3.05, 3.63) is 89.7 Å².